The summed E-state index contributed by atoms with van der Waals surface area (Å²) in [6.07, 6.45) is 1.87. The zero-order valence-corrected chi connectivity index (χ0v) is 12.2. The number of nitrogens with zero attached hydrogens (tertiary/aromatic N) is 3. The van der Waals surface area contributed by atoms with E-state index in [2.05, 4.69) is 43.5 Å². The van der Waals surface area contributed by atoms with Crippen LogP contribution in [0.1, 0.15) is 5.56 Å². The normalized spacial score (nSPS) is 16.1. The number of anilines is 1. The number of rotatable bonds is 2. The van der Waals surface area contributed by atoms with Crippen molar-refractivity contribution in [2.45, 2.75) is 0 Å². The van der Waals surface area contributed by atoms with E-state index in [0.29, 0.717) is 0 Å². The lowest BCUT2D eigenvalue weighted by Crippen LogP contribution is -2.46. The van der Waals surface area contributed by atoms with Gasteiger partial charge in [0, 0.05) is 48.7 Å². The monoisotopic (exact) mass is 289 g/mol. The molecule has 0 atom stereocenters. The highest BCUT2D eigenvalue weighted by Gasteiger charge is 2.17. The van der Waals surface area contributed by atoms with Crippen molar-refractivity contribution in [3.63, 3.8) is 0 Å². The highest BCUT2D eigenvalue weighted by atomic mass is 32.1. The number of hydrogen-bond acceptors (Lipinski definition) is 5. The molecular weight excluding hydrogens is 274 g/mol. The first-order chi connectivity index (χ1) is 9.42. The van der Waals surface area contributed by atoms with Crippen molar-refractivity contribution in [3.05, 3.63) is 34.0 Å². The minimum atomic E-state index is 0.863. The summed E-state index contributed by atoms with van der Waals surface area (Å²) in [4.78, 5) is 9.12. The molecule has 3 rings (SSSR count). The molecule has 98 valence electrons. The molecule has 1 aliphatic heterocycles. The average molecular weight is 289 g/mol. The molecule has 0 amide bonds. The zero-order valence-electron chi connectivity index (χ0n) is 10.6. The summed E-state index contributed by atoms with van der Waals surface area (Å²) in [5.41, 5.74) is 1.13. The predicted molar refractivity (Wildman–Crippen MR) is 82.0 cm³/mol. The van der Waals surface area contributed by atoms with E-state index in [0.717, 1.165) is 43.4 Å². The summed E-state index contributed by atoms with van der Waals surface area (Å²) >= 11 is 3.41. The maximum Gasteiger partial charge on any atom is 0.185 e. The summed E-state index contributed by atoms with van der Waals surface area (Å²) in [6, 6.07) is 2.07. The van der Waals surface area contributed by atoms with E-state index in [1.165, 1.54) is 0 Å². The summed E-state index contributed by atoms with van der Waals surface area (Å²) in [5, 5.41) is 7.34. The Bertz CT molecular complexity index is 543. The minimum absolute atomic E-state index is 0.863. The Hall–Kier alpha value is -1.35. The molecular formula is C14H15N3S2. The van der Waals surface area contributed by atoms with Gasteiger partial charge in [-0.1, -0.05) is 11.8 Å². The van der Waals surface area contributed by atoms with Gasteiger partial charge in [0.1, 0.15) is 0 Å². The zero-order chi connectivity index (χ0) is 12.9. The third-order valence-electron chi connectivity index (χ3n) is 3.12. The first-order valence-electron chi connectivity index (χ1n) is 6.30. The van der Waals surface area contributed by atoms with Gasteiger partial charge >= 0.3 is 0 Å². The van der Waals surface area contributed by atoms with Gasteiger partial charge in [-0.25, -0.2) is 4.98 Å². The van der Waals surface area contributed by atoms with Gasteiger partial charge in [0.2, 0.25) is 0 Å². The van der Waals surface area contributed by atoms with Gasteiger partial charge < -0.3 is 4.90 Å². The van der Waals surface area contributed by atoms with Crippen molar-refractivity contribution in [2.75, 3.05) is 37.6 Å². The Balaban J connectivity index is 1.48. The van der Waals surface area contributed by atoms with Crippen molar-refractivity contribution >= 4 is 27.8 Å². The molecule has 1 fully saturated rings. The minimum Gasteiger partial charge on any atom is -0.346 e. The summed E-state index contributed by atoms with van der Waals surface area (Å²) in [5.74, 6) is 6.46. The molecule has 0 unspecified atom stereocenters. The fourth-order valence-electron chi connectivity index (χ4n) is 2.06. The second kappa shape index (κ2) is 6.20. The van der Waals surface area contributed by atoms with Crippen LogP contribution in [-0.2, 0) is 0 Å². The van der Waals surface area contributed by atoms with Crippen molar-refractivity contribution in [1.82, 2.24) is 9.88 Å². The van der Waals surface area contributed by atoms with Crippen LogP contribution < -0.4 is 4.90 Å². The van der Waals surface area contributed by atoms with Crippen LogP contribution >= 0.6 is 22.7 Å². The van der Waals surface area contributed by atoms with Crippen molar-refractivity contribution in [2.24, 2.45) is 0 Å². The molecule has 0 bridgehead atoms. The van der Waals surface area contributed by atoms with E-state index in [-0.39, 0.29) is 0 Å². The van der Waals surface area contributed by atoms with Crippen molar-refractivity contribution in [1.29, 1.82) is 0 Å². The van der Waals surface area contributed by atoms with Gasteiger partial charge in [-0.2, -0.15) is 11.3 Å². The number of piperazine rings is 1. The number of thiophene rings is 1. The quantitative estimate of drug-likeness (QED) is 0.791. The van der Waals surface area contributed by atoms with Crippen LogP contribution in [0.5, 0.6) is 0 Å². The van der Waals surface area contributed by atoms with Crippen LogP contribution in [0, 0.1) is 11.8 Å². The van der Waals surface area contributed by atoms with Gasteiger partial charge in [0.25, 0.3) is 0 Å². The SMILES string of the molecule is C(#Cc1ccsc1)CN1CCN(c2nccs2)CC1. The Morgan fingerprint density at radius 2 is 2.11 bits per heavy atom. The average Bonchev–Trinajstić information content (AvgIpc) is 3.13. The second-order valence-electron chi connectivity index (χ2n) is 4.39. The largest absolute Gasteiger partial charge is 0.346 e. The van der Waals surface area contributed by atoms with Crippen LogP contribution in [0.25, 0.3) is 0 Å². The first kappa shape index (κ1) is 12.7. The van der Waals surface area contributed by atoms with Gasteiger partial charge in [-0.3, -0.25) is 4.90 Å². The maximum atomic E-state index is 4.36. The molecule has 0 N–H and O–H groups in total. The first-order valence-corrected chi connectivity index (χ1v) is 8.12. The fourth-order valence-corrected chi connectivity index (χ4v) is 3.34. The third-order valence-corrected chi connectivity index (χ3v) is 4.63. The van der Waals surface area contributed by atoms with Gasteiger partial charge in [-0.15, -0.1) is 11.3 Å². The molecule has 0 saturated carbocycles. The number of hydrogen-bond donors (Lipinski definition) is 0. The molecule has 0 aliphatic carbocycles. The Morgan fingerprint density at radius 1 is 1.21 bits per heavy atom. The van der Waals surface area contributed by atoms with Crippen molar-refractivity contribution in [3.8, 4) is 11.8 Å². The topological polar surface area (TPSA) is 19.4 Å². The predicted octanol–water partition coefficient (Wildman–Crippen LogP) is 2.38. The molecule has 5 heteroatoms. The summed E-state index contributed by atoms with van der Waals surface area (Å²) in [6.45, 7) is 5.10. The summed E-state index contributed by atoms with van der Waals surface area (Å²) < 4.78 is 0. The fraction of sp³-hybridized carbons (Fsp3) is 0.357. The van der Waals surface area contributed by atoms with Crippen molar-refractivity contribution < 1.29 is 0 Å². The molecule has 1 saturated heterocycles. The Kier molecular flexibility index (Phi) is 4.13. The van der Waals surface area contributed by atoms with E-state index in [4.69, 9.17) is 0 Å². The highest BCUT2D eigenvalue weighted by molar-refractivity contribution is 7.13. The lowest BCUT2D eigenvalue weighted by atomic mass is 10.3. The maximum absolute atomic E-state index is 4.36. The molecule has 2 aromatic heterocycles. The van der Waals surface area contributed by atoms with E-state index in [9.17, 15) is 0 Å². The van der Waals surface area contributed by atoms with Crippen LogP contribution in [0.3, 0.4) is 0 Å². The van der Waals surface area contributed by atoms with E-state index in [1.807, 2.05) is 11.6 Å². The smallest absolute Gasteiger partial charge is 0.185 e. The highest BCUT2D eigenvalue weighted by Crippen LogP contribution is 2.18. The van der Waals surface area contributed by atoms with Gasteiger partial charge in [0.05, 0.1) is 6.54 Å². The molecule has 3 nitrogen and oxygen atoms in total. The summed E-state index contributed by atoms with van der Waals surface area (Å²) in [7, 11) is 0. The molecule has 1 aliphatic rings. The number of aromatic nitrogens is 1. The Labute approximate surface area is 121 Å². The van der Waals surface area contributed by atoms with E-state index < -0.39 is 0 Å². The van der Waals surface area contributed by atoms with E-state index >= 15 is 0 Å². The van der Waals surface area contributed by atoms with Crippen LogP contribution in [-0.4, -0.2) is 42.6 Å². The molecule has 0 aromatic carbocycles. The number of thiazole rings is 1. The lowest BCUT2D eigenvalue weighted by molar-refractivity contribution is 0.288. The molecule has 3 heterocycles. The van der Waals surface area contributed by atoms with Gasteiger partial charge in [-0.05, 0) is 11.4 Å². The molecule has 0 radical (unpaired) electrons. The third kappa shape index (κ3) is 3.35. The lowest BCUT2D eigenvalue weighted by Gasteiger charge is -2.33. The van der Waals surface area contributed by atoms with Crippen LogP contribution in [0.2, 0.25) is 0 Å². The van der Waals surface area contributed by atoms with E-state index in [1.54, 1.807) is 22.7 Å². The second-order valence-corrected chi connectivity index (χ2v) is 6.04. The molecule has 0 spiro atoms. The standard InChI is InChI=1S/C14H15N3S2/c1(2-13-3-10-18-12-13)5-16-6-8-17(9-7-16)14-15-4-11-19-14/h3-4,10-12H,5-9H2. The van der Waals surface area contributed by atoms with Crippen LogP contribution in [0.15, 0.2) is 28.4 Å². The van der Waals surface area contributed by atoms with Gasteiger partial charge in [0.15, 0.2) is 5.13 Å². The Morgan fingerprint density at radius 3 is 2.79 bits per heavy atom. The molecule has 2 aromatic rings. The molecule has 19 heavy (non-hydrogen) atoms. The van der Waals surface area contributed by atoms with Crippen LogP contribution in [0.4, 0.5) is 5.13 Å².